The van der Waals surface area contributed by atoms with Gasteiger partial charge in [0, 0.05) is 30.6 Å². The summed E-state index contributed by atoms with van der Waals surface area (Å²) in [4.78, 5) is 15.7. The number of carbonyl (C=O) groups excluding carboxylic acids is 1. The summed E-state index contributed by atoms with van der Waals surface area (Å²) in [7, 11) is 0. The van der Waals surface area contributed by atoms with Gasteiger partial charge < -0.3 is 15.5 Å². The van der Waals surface area contributed by atoms with Crippen molar-refractivity contribution in [3.8, 4) is 11.5 Å². The molecule has 5 nitrogen and oxygen atoms in total. The lowest BCUT2D eigenvalue weighted by Crippen LogP contribution is -2.25. The Balaban J connectivity index is 1.91. The van der Waals surface area contributed by atoms with Crippen molar-refractivity contribution >= 4 is 5.91 Å². The second-order valence-corrected chi connectivity index (χ2v) is 4.10. The minimum atomic E-state index is -0.333. The van der Waals surface area contributed by atoms with Gasteiger partial charge in [0.15, 0.2) is 0 Å². The highest BCUT2D eigenvalue weighted by Gasteiger charge is 2.07. The summed E-state index contributed by atoms with van der Waals surface area (Å²) in [5, 5.41) is 21.3. The van der Waals surface area contributed by atoms with E-state index in [9.17, 15) is 15.0 Å². The Hall–Kier alpha value is -2.56. The maximum atomic E-state index is 11.8. The van der Waals surface area contributed by atoms with Gasteiger partial charge in [-0.2, -0.15) is 0 Å². The second kappa shape index (κ2) is 5.86. The van der Waals surface area contributed by atoms with Crippen LogP contribution in [0.15, 0.2) is 42.7 Å². The third-order valence-electron chi connectivity index (χ3n) is 2.61. The van der Waals surface area contributed by atoms with Gasteiger partial charge in [0.05, 0.1) is 0 Å². The average Bonchev–Trinajstić information content (AvgIpc) is 2.38. The lowest BCUT2D eigenvalue weighted by molar-refractivity contribution is 0.0953. The Bertz CT molecular complexity index is 550. The number of benzene rings is 1. The molecule has 0 saturated carbocycles. The van der Waals surface area contributed by atoms with Gasteiger partial charge in [-0.1, -0.05) is 0 Å². The summed E-state index contributed by atoms with van der Waals surface area (Å²) < 4.78 is 0. The molecule has 0 saturated heterocycles. The fourth-order valence-electron chi connectivity index (χ4n) is 1.70. The van der Waals surface area contributed by atoms with Gasteiger partial charge in [0.25, 0.3) is 5.91 Å². The van der Waals surface area contributed by atoms with Crippen LogP contribution in [-0.4, -0.2) is 27.6 Å². The number of hydrogen-bond donors (Lipinski definition) is 3. The second-order valence-electron chi connectivity index (χ2n) is 4.10. The monoisotopic (exact) mass is 258 g/mol. The van der Waals surface area contributed by atoms with Crippen LogP contribution in [0.3, 0.4) is 0 Å². The van der Waals surface area contributed by atoms with Gasteiger partial charge in [-0.15, -0.1) is 0 Å². The van der Waals surface area contributed by atoms with Crippen LogP contribution in [0.2, 0.25) is 0 Å². The average molecular weight is 258 g/mol. The Morgan fingerprint density at radius 2 is 1.74 bits per heavy atom. The lowest BCUT2D eigenvalue weighted by atomic mass is 10.1. The molecule has 1 heterocycles. The van der Waals surface area contributed by atoms with E-state index in [-0.39, 0.29) is 23.0 Å². The number of nitrogens with zero attached hydrogens (tertiary/aromatic N) is 1. The highest BCUT2D eigenvalue weighted by atomic mass is 16.3. The summed E-state index contributed by atoms with van der Waals surface area (Å²) >= 11 is 0. The zero-order valence-electron chi connectivity index (χ0n) is 10.2. The molecule has 0 fully saturated rings. The molecule has 2 rings (SSSR count). The Kier molecular flexibility index (Phi) is 3.97. The van der Waals surface area contributed by atoms with Gasteiger partial charge in [0.1, 0.15) is 11.5 Å². The lowest BCUT2D eigenvalue weighted by Gasteiger charge is -2.06. The predicted octanol–water partition coefficient (Wildman–Crippen LogP) is 1.47. The van der Waals surface area contributed by atoms with E-state index in [0.29, 0.717) is 13.0 Å². The number of phenolic OH excluding ortho intramolecular Hbond substituents is 2. The van der Waals surface area contributed by atoms with Gasteiger partial charge in [-0.3, -0.25) is 9.78 Å². The number of carbonyl (C=O) groups is 1. The number of pyridine rings is 1. The van der Waals surface area contributed by atoms with Crippen molar-refractivity contribution in [2.75, 3.05) is 6.54 Å². The fraction of sp³-hybridized carbons (Fsp3) is 0.143. The van der Waals surface area contributed by atoms with E-state index in [0.717, 1.165) is 5.56 Å². The zero-order valence-corrected chi connectivity index (χ0v) is 10.2. The molecule has 5 heteroatoms. The first-order chi connectivity index (χ1) is 9.15. The number of hydrogen-bond acceptors (Lipinski definition) is 4. The third-order valence-corrected chi connectivity index (χ3v) is 2.61. The van der Waals surface area contributed by atoms with Gasteiger partial charge in [0.2, 0.25) is 0 Å². The van der Waals surface area contributed by atoms with Crippen molar-refractivity contribution in [2.45, 2.75) is 6.42 Å². The van der Waals surface area contributed by atoms with Crippen LogP contribution in [-0.2, 0) is 6.42 Å². The van der Waals surface area contributed by atoms with Crippen LogP contribution in [0.1, 0.15) is 15.9 Å². The summed E-state index contributed by atoms with van der Waals surface area (Å²) in [6, 6.07) is 7.55. The molecule has 3 N–H and O–H groups in total. The maximum absolute atomic E-state index is 11.8. The topological polar surface area (TPSA) is 82.5 Å². The van der Waals surface area contributed by atoms with E-state index >= 15 is 0 Å². The molecule has 0 aliphatic carbocycles. The van der Waals surface area contributed by atoms with Crippen molar-refractivity contribution in [3.63, 3.8) is 0 Å². The van der Waals surface area contributed by atoms with Crippen molar-refractivity contribution in [2.24, 2.45) is 0 Å². The first-order valence-electron chi connectivity index (χ1n) is 5.85. The minimum absolute atomic E-state index is 0.140. The number of nitrogens with one attached hydrogen (secondary N) is 1. The molecule has 0 radical (unpaired) electrons. The summed E-state index contributed by atoms with van der Waals surface area (Å²) in [5.74, 6) is -0.612. The molecule has 0 spiro atoms. The molecule has 1 aromatic carbocycles. The number of aromatic hydroxyl groups is 2. The van der Waals surface area contributed by atoms with Crippen molar-refractivity contribution in [1.82, 2.24) is 10.3 Å². The van der Waals surface area contributed by atoms with Crippen LogP contribution in [0.4, 0.5) is 0 Å². The van der Waals surface area contributed by atoms with Gasteiger partial charge in [-0.05, 0) is 36.2 Å². The fourth-order valence-corrected chi connectivity index (χ4v) is 1.70. The van der Waals surface area contributed by atoms with Crippen molar-refractivity contribution in [1.29, 1.82) is 0 Å². The number of aromatic nitrogens is 1. The molecule has 98 valence electrons. The van der Waals surface area contributed by atoms with Crippen molar-refractivity contribution < 1.29 is 15.0 Å². The van der Waals surface area contributed by atoms with E-state index < -0.39 is 0 Å². The van der Waals surface area contributed by atoms with E-state index in [1.54, 1.807) is 12.4 Å². The smallest absolute Gasteiger partial charge is 0.251 e. The molecule has 0 aliphatic heterocycles. The van der Waals surface area contributed by atoms with Gasteiger partial charge >= 0.3 is 0 Å². The molecular formula is C14H14N2O3. The molecule has 0 atom stereocenters. The number of amides is 1. The molecule has 0 bridgehead atoms. The van der Waals surface area contributed by atoms with Gasteiger partial charge in [-0.25, -0.2) is 0 Å². The summed E-state index contributed by atoms with van der Waals surface area (Å²) in [6.45, 7) is 0.471. The number of phenols is 2. The van der Waals surface area contributed by atoms with E-state index in [4.69, 9.17) is 0 Å². The van der Waals surface area contributed by atoms with E-state index in [1.165, 1.54) is 18.2 Å². The molecule has 2 aromatic rings. The minimum Gasteiger partial charge on any atom is -0.508 e. The number of rotatable bonds is 4. The molecule has 1 amide bonds. The molecule has 1 aromatic heterocycles. The van der Waals surface area contributed by atoms with Crippen LogP contribution >= 0.6 is 0 Å². The first kappa shape index (κ1) is 12.9. The van der Waals surface area contributed by atoms with Crippen LogP contribution < -0.4 is 5.32 Å². The molecular weight excluding hydrogens is 244 g/mol. The van der Waals surface area contributed by atoms with Crippen LogP contribution in [0.5, 0.6) is 11.5 Å². The van der Waals surface area contributed by atoms with Crippen molar-refractivity contribution in [3.05, 3.63) is 53.9 Å². The first-order valence-corrected chi connectivity index (χ1v) is 5.85. The highest BCUT2D eigenvalue weighted by Crippen LogP contribution is 2.20. The van der Waals surface area contributed by atoms with E-state index in [2.05, 4.69) is 10.3 Å². The molecule has 0 unspecified atom stereocenters. The van der Waals surface area contributed by atoms with E-state index in [1.807, 2.05) is 12.1 Å². The normalized spacial score (nSPS) is 10.1. The summed E-state index contributed by atoms with van der Waals surface area (Å²) in [6.07, 6.45) is 4.09. The SMILES string of the molecule is O=C(NCCc1ccncc1)c1cc(O)cc(O)c1. The molecule has 19 heavy (non-hydrogen) atoms. The predicted molar refractivity (Wildman–Crippen MR) is 70.0 cm³/mol. The van der Waals surface area contributed by atoms with Crippen LogP contribution in [0.25, 0.3) is 0 Å². The highest BCUT2D eigenvalue weighted by molar-refractivity contribution is 5.95. The maximum Gasteiger partial charge on any atom is 0.251 e. The zero-order chi connectivity index (χ0) is 13.7. The Morgan fingerprint density at radius 3 is 2.37 bits per heavy atom. The Labute approximate surface area is 110 Å². The summed E-state index contributed by atoms with van der Waals surface area (Å²) in [5.41, 5.74) is 1.31. The standard InChI is InChI=1S/C14H14N2O3/c17-12-7-11(8-13(18)9-12)14(19)16-6-3-10-1-4-15-5-2-10/h1-2,4-5,7-9,17-18H,3,6H2,(H,16,19). The third kappa shape index (κ3) is 3.70. The Morgan fingerprint density at radius 1 is 1.11 bits per heavy atom. The largest absolute Gasteiger partial charge is 0.508 e. The van der Waals surface area contributed by atoms with Crippen LogP contribution in [0, 0.1) is 0 Å². The quantitative estimate of drug-likeness (QED) is 0.775. The molecule has 0 aliphatic rings.